The van der Waals surface area contributed by atoms with E-state index in [4.69, 9.17) is 37.9 Å². The molecule has 0 aromatic heterocycles. The van der Waals surface area contributed by atoms with E-state index in [1.165, 1.54) is 0 Å². The Hall–Kier alpha value is -5.06. The molecule has 57 heavy (non-hydrogen) atoms. The fourth-order valence-corrected chi connectivity index (χ4v) is 8.30. The van der Waals surface area contributed by atoms with Gasteiger partial charge in [0, 0.05) is 26.1 Å². The van der Waals surface area contributed by atoms with E-state index < -0.39 is 0 Å². The third-order valence-electron chi connectivity index (χ3n) is 11.5. The molecule has 0 spiro atoms. The summed E-state index contributed by atoms with van der Waals surface area (Å²) in [4.78, 5) is 27.1. The van der Waals surface area contributed by atoms with Crippen LogP contribution in [0.1, 0.15) is 89.1 Å². The van der Waals surface area contributed by atoms with E-state index in [-0.39, 0.29) is 47.4 Å². The molecule has 306 valence electrons. The molecule has 10 nitrogen and oxygen atoms in total. The van der Waals surface area contributed by atoms with Crippen molar-refractivity contribution in [1.82, 2.24) is 0 Å². The van der Waals surface area contributed by atoms with Gasteiger partial charge in [0.25, 0.3) is 0 Å². The first kappa shape index (κ1) is 43.1. The summed E-state index contributed by atoms with van der Waals surface area (Å²) in [6.45, 7) is 2.60. The van der Waals surface area contributed by atoms with Crippen molar-refractivity contribution in [3.05, 3.63) is 107 Å². The average Bonchev–Trinajstić information content (AvgIpc) is 3.28. The SMILES string of the molecule is CCOc1ccc(C2CC(OC)CCC2C(=O)c2cc(OC)ccc2OC)cc1.COc1ccc(C2CC(OC)CCC2C(=O)c2cc(OC)ccc2OC)cc1. The van der Waals surface area contributed by atoms with Crippen LogP contribution in [0.5, 0.6) is 34.5 Å². The van der Waals surface area contributed by atoms with Gasteiger partial charge in [-0.25, -0.2) is 0 Å². The van der Waals surface area contributed by atoms with Crippen molar-refractivity contribution in [2.75, 3.05) is 56.4 Å². The lowest BCUT2D eigenvalue weighted by molar-refractivity contribution is 0.0425. The molecule has 6 unspecified atom stereocenters. The van der Waals surface area contributed by atoms with Crippen LogP contribution in [0.4, 0.5) is 0 Å². The quantitative estimate of drug-likeness (QED) is 0.108. The summed E-state index contributed by atoms with van der Waals surface area (Å²) in [5.41, 5.74) is 3.41. The van der Waals surface area contributed by atoms with E-state index in [2.05, 4.69) is 12.1 Å². The summed E-state index contributed by atoms with van der Waals surface area (Å²) in [6, 6.07) is 26.8. The minimum atomic E-state index is -0.139. The summed E-state index contributed by atoms with van der Waals surface area (Å²) in [5, 5.41) is 0. The Labute approximate surface area is 337 Å². The van der Waals surface area contributed by atoms with Crippen molar-refractivity contribution in [1.29, 1.82) is 0 Å². The molecular weight excluding hydrogens is 725 g/mol. The number of Topliss-reactive ketones (excluding diaryl/α,β-unsaturated/α-hetero) is 2. The fraction of sp³-hybridized carbons (Fsp3) is 0.447. The number of carbonyl (C=O) groups is 2. The molecule has 0 saturated heterocycles. The summed E-state index contributed by atoms with van der Waals surface area (Å²) in [6.07, 6.45) is 5.22. The lowest BCUT2D eigenvalue weighted by Crippen LogP contribution is -2.32. The second kappa shape index (κ2) is 20.9. The zero-order valence-corrected chi connectivity index (χ0v) is 34.6. The number of methoxy groups -OCH3 is 7. The normalized spacial score (nSPS) is 21.6. The topological polar surface area (TPSA) is 108 Å². The smallest absolute Gasteiger partial charge is 0.170 e. The highest BCUT2D eigenvalue weighted by molar-refractivity contribution is 6.02. The molecule has 2 aliphatic carbocycles. The second-order valence-corrected chi connectivity index (χ2v) is 14.4. The Balaban J connectivity index is 0.000000218. The molecule has 0 radical (unpaired) electrons. The standard InChI is InChI=1S/C24H30O5.C23H28O5/c1-5-29-17-8-6-16(7-9-17)21-14-18(26-2)10-12-20(21)24(25)22-15-19(27-3)11-13-23(22)28-4;1-25-16-7-5-15(6-8-16)20-13-17(26-2)9-11-19(20)23(24)21-14-18(27-3)10-12-22(21)28-4/h6-9,11,13,15,18,20-21H,5,10,12,14H2,1-4H3;5-8,10,12,14,17,19-20H,9,11,13H2,1-4H3. The highest BCUT2D eigenvalue weighted by atomic mass is 16.5. The van der Waals surface area contributed by atoms with Gasteiger partial charge in [0.15, 0.2) is 11.6 Å². The van der Waals surface area contributed by atoms with E-state index in [1.54, 1.807) is 86.2 Å². The van der Waals surface area contributed by atoms with Crippen LogP contribution >= 0.6 is 0 Å². The van der Waals surface area contributed by atoms with Crippen molar-refractivity contribution >= 4 is 11.6 Å². The molecule has 2 fully saturated rings. The van der Waals surface area contributed by atoms with Crippen LogP contribution in [0, 0.1) is 11.8 Å². The second-order valence-electron chi connectivity index (χ2n) is 14.4. The van der Waals surface area contributed by atoms with E-state index in [0.29, 0.717) is 40.7 Å². The van der Waals surface area contributed by atoms with E-state index >= 15 is 0 Å². The first-order valence-electron chi connectivity index (χ1n) is 19.7. The maximum absolute atomic E-state index is 13.6. The lowest BCUT2D eigenvalue weighted by Gasteiger charge is -2.35. The van der Waals surface area contributed by atoms with Gasteiger partial charge >= 0.3 is 0 Å². The van der Waals surface area contributed by atoms with Gasteiger partial charge < -0.3 is 37.9 Å². The predicted octanol–water partition coefficient (Wildman–Crippen LogP) is 9.38. The van der Waals surface area contributed by atoms with Gasteiger partial charge in [-0.15, -0.1) is 0 Å². The Bertz CT molecular complexity index is 1890. The van der Waals surface area contributed by atoms with Crippen LogP contribution in [0.15, 0.2) is 84.9 Å². The number of benzene rings is 4. The third kappa shape index (κ3) is 10.5. The molecule has 6 rings (SSSR count). The Morgan fingerprint density at radius 3 is 1.23 bits per heavy atom. The van der Waals surface area contributed by atoms with Crippen molar-refractivity contribution in [2.45, 2.75) is 69.5 Å². The number of carbonyl (C=O) groups excluding carboxylic acids is 2. The number of ether oxygens (including phenoxy) is 8. The predicted molar refractivity (Wildman–Crippen MR) is 220 cm³/mol. The van der Waals surface area contributed by atoms with Crippen molar-refractivity contribution in [2.24, 2.45) is 11.8 Å². The fourth-order valence-electron chi connectivity index (χ4n) is 8.30. The zero-order valence-electron chi connectivity index (χ0n) is 34.6. The Kier molecular flexibility index (Phi) is 15.8. The number of hydrogen-bond donors (Lipinski definition) is 0. The summed E-state index contributed by atoms with van der Waals surface area (Å²) < 4.78 is 43.7. The maximum Gasteiger partial charge on any atom is 0.170 e. The van der Waals surface area contributed by atoms with E-state index in [9.17, 15) is 9.59 Å². The molecule has 0 bridgehead atoms. The van der Waals surface area contributed by atoms with Crippen LogP contribution < -0.4 is 28.4 Å². The first-order valence-corrected chi connectivity index (χ1v) is 19.7. The molecule has 0 heterocycles. The van der Waals surface area contributed by atoms with Crippen molar-refractivity contribution < 1.29 is 47.5 Å². The van der Waals surface area contributed by atoms with Gasteiger partial charge in [-0.2, -0.15) is 0 Å². The van der Waals surface area contributed by atoms with Crippen LogP contribution in [0.25, 0.3) is 0 Å². The minimum Gasteiger partial charge on any atom is -0.497 e. The molecule has 10 heteroatoms. The molecule has 2 aliphatic rings. The molecule has 0 amide bonds. The molecule has 4 aromatic rings. The molecule has 0 N–H and O–H groups in total. The van der Waals surface area contributed by atoms with Gasteiger partial charge in [0.1, 0.15) is 34.5 Å². The van der Waals surface area contributed by atoms with Crippen LogP contribution in [0.3, 0.4) is 0 Å². The number of rotatable bonds is 15. The minimum absolute atomic E-state index is 0.0767. The molecule has 6 atom stereocenters. The van der Waals surface area contributed by atoms with Gasteiger partial charge in [-0.1, -0.05) is 24.3 Å². The number of ketones is 2. The summed E-state index contributed by atoms with van der Waals surface area (Å²) in [5.74, 6) is 4.16. The number of hydrogen-bond acceptors (Lipinski definition) is 10. The monoisotopic (exact) mass is 782 g/mol. The highest BCUT2D eigenvalue weighted by Gasteiger charge is 2.39. The van der Waals surface area contributed by atoms with Gasteiger partial charge in [0.05, 0.1) is 65.5 Å². The molecule has 0 aliphatic heterocycles. The van der Waals surface area contributed by atoms with Gasteiger partial charge in [0.2, 0.25) is 0 Å². The maximum atomic E-state index is 13.6. The molecule has 2 saturated carbocycles. The molecule has 4 aromatic carbocycles. The largest absolute Gasteiger partial charge is 0.497 e. The van der Waals surface area contributed by atoms with Crippen molar-refractivity contribution in [3.63, 3.8) is 0 Å². The summed E-state index contributed by atoms with van der Waals surface area (Å²) >= 11 is 0. The highest BCUT2D eigenvalue weighted by Crippen LogP contribution is 2.44. The van der Waals surface area contributed by atoms with Crippen LogP contribution in [-0.2, 0) is 9.47 Å². The Morgan fingerprint density at radius 1 is 0.491 bits per heavy atom. The lowest BCUT2D eigenvalue weighted by atomic mass is 9.71. The first-order chi connectivity index (χ1) is 27.7. The van der Waals surface area contributed by atoms with E-state index in [1.807, 2.05) is 43.3 Å². The average molecular weight is 783 g/mol. The van der Waals surface area contributed by atoms with E-state index in [0.717, 1.165) is 61.2 Å². The molecular formula is C47H58O10. The van der Waals surface area contributed by atoms with Crippen LogP contribution in [-0.4, -0.2) is 80.1 Å². The zero-order chi connectivity index (χ0) is 40.9. The third-order valence-corrected chi connectivity index (χ3v) is 11.5. The van der Waals surface area contributed by atoms with Gasteiger partial charge in [-0.3, -0.25) is 9.59 Å². The Morgan fingerprint density at radius 2 is 0.877 bits per heavy atom. The van der Waals surface area contributed by atoms with Crippen LogP contribution in [0.2, 0.25) is 0 Å². The van der Waals surface area contributed by atoms with Gasteiger partial charge in [-0.05, 0) is 129 Å². The van der Waals surface area contributed by atoms with Crippen molar-refractivity contribution in [3.8, 4) is 34.5 Å². The summed E-state index contributed by atoms with van der Waals surface area (Å²) in [7, 11) is 11.5.